The van der Waals surface area contributed by atoms with Gasteiger partial charge in [0.2, 0.25) is 0 Å². The molecular weight excluding hydrogens is 366 g/mol. The zero-order valence-electron chi connectivity index (χ0n) is 10.2. The predicted octanol–water partition coefficient (Wildman–Crippen LogP) is 3.79. The molecule has 1 atom stereocenters. The number of carboxylic acids is 1. The Kier molecular flexibility index (Phi) is 4.59. The van der Waals surface area contributed by atoms with Crippen molar-refractivity contribution in [3.8, 4) is 0 Å². The molecule has 1 aromatic carbocycles. The molecule has 0 spiro atoms. The zero-order chi connectivity index (χ0) is 14.9. The molecule has 0 aliphatic heterocycles. The second-order valence-corrected chi connectivity index (χ2v) is 7.14. The highest BCUT2D eigenvalue weighted by atomic mass is 79.9. The van der Waals surface area contributed by atoms with E-state index in [-0.39, 0.29) is 10.6 Å². The largest absolute Gasteiger partial charge is 0.477 e. The second-order valence-electron chi connectivity index (χ2n) is 3.88. The normalized spacial score (nSPS) is 12.2. The van der Waals surface area contributed by atoms with Gasteiger partial charge in [0.1, 0.15) is 4.88 Å². The van der Waals surface area contributed by atoms with Gasteiger partial charge in [0, 0.05) is 0 Å². The first kappa shape index (κ1) is 15.2. The summed E-state index contributed by atoms with van der Waals surface area (Å²) in [7, 11) is 0. The molecule has 0 fully saturated rings. The number of thiophene rings is 1. The molecule has 1 unspecified atom stereocenters. The monoisotopic (exact) mass is 375 g/mol. The minimum absolute atomic E-state index is 0.00234. The summed E-state index contributed by atoms with van der Waals surface area (Å²) in [6, 6.07) is 8.51. The number of hydrogen-bond acceptors (Lipinski definition) is 3. The van der Waals surface area contributed by atoms with Gasteiger partial charge in [-0.05, 0) is 40.5 Å². The van der Waals surface area contributed by atoms with Crippen LogP contribution < -0.4 is 4.31 Å². The van der Waals surface area contributed by atoms with Crippen LogP contribution in [-0.4, -0.2) is 19.8 Å². The molecular formula is C12H10BrNO4S2. The minimum atomic E-state index is -2.37. The molecule has 0 amide bonds. The van der Waals surface area contributed by atoms with Crippen LogP contribution in [0.3, 0.4) is 0 Å². The Labute approximate surface area is 130 Å². The van der Waals surface area contributed by atoms with E-state index in [1.54, 1.807) is 31.2 Å². The number of anilines is 2. The Balaban J connectivity index is 2.64. The van der Waals surface area contributed by atoms with Crippen molar-refractivity contribution in [3.05, 3.63) is 44.6 Å². The zero-order valence-corrected chi connectivity index (χ0v) is 13.5. The lowest BCUT2D eigenvalue weighted by atomic mass is 10.2. The van der Waals surface area contributed by atoms with Gasteiger partial charge >= 0.3 is 5.97 Å². The van der Waals surface area contributed by atoms with E-state index in [1.165, 1.54) is 6.07 Å². The Morgan fingerprint density at radius 1 is 1.35 bits per heavy atom. The molecule has 20 heavy (non-hydrogen) atoms. The predicted molar refractivity (Wildman–Crippen MR) is 83.1 cm³/mol. The average Bonchev–Trinajstić information content (AvgIpc) is 2.74. The molecule has 1 heterocycles. The lowest BCUT2D eigenvalue weighted by Gasteiger charge is -2.21. The van der Waals surface area contributed by atoms with Crippen molar-refractivity contribution in [1.82, 2.24) is 0 Å². The number of halogens is 1. The topological polar surface area (TPSA) is 77.8 Å². The molecule has 0 aliphatic carbocycles. The number of aromatic carboxylic acids is 1. The van der Waals surface area contributed by atoms with Crippen LogP contribution in [0.2, 0.25) is 0 Å². The molecule has 2 rings (SSSR count). The summed E-state index contributed by atoms with van der Waals surface area (Å²) in [4.78, 5) is 11.3. The highest BCUT2D eigenvalue weighted by molar-refractivity contribution is 9.11. The fraction of sp³-hybridized carbons (Fsp3) is 0.0833. The Bertz CT molecular complexity index is 686. The fourth-order valence-corrected chi connectivity index (χ4v) is 3.90. The van der Waals surface area contributed by atoms with Crippen molar-refractivity contribution >= 4 is 55.9 Å². The van der Waals surface area contributed by atoms with Crippen molar-refractivity contribution in [1.29, 1.82) is 0 Å². The second kappa shape index (κ2) is 6.04. The standard InChI is InChI=1S/C12H10BrNO4S2/c1-7-4-2-3-5-8(7)14(20(17)18)9-6-10(13)19-11(9)12(15)16/h2-6H,1H3,(H,15,16)(H,17,18). The molecule has 1 aromatic heterocycles. The number of rotatable bonds is 4. The van der Waals surface area contributed by atoms with Gasteiger partial charge in [-0.1, -0.05) is 18.2 Å². The molecule has 2 N–H and O–H groups in total. The van der Waals surface area contributed by atoms with E-state index in [0.29, 0.717) is 9.47 Å². The Morgan fingerprint density at radius 3 is 2.55 bits per heavy atom. The average molecular weight is 376 g/mol. The molecule has 2 aromatic rings. The summed E-state index contributed by atoms with van der Waals surface area (Å²) in [5.41, 5.74) is 1.44. The van der Waals surface area contributed by atoms with Gasteiger partial charge in [0.25, 0.3) is 11.3 Å². The van der Waals surface area contributed by atoms with Crippen LogP contribution in [0.1, 0.15) is 15.2 Å². The van der Waals surface area contributed by atoms with Gasteiger partial charge < -0.3 is 5.11 Å². The van der Waals surface area contributed by atoms with Crippen LogP contribution in [-0.2, 0) is 11.3 Å². The number of para-hydroxylation sites is 1. The van der Waals surface area contributed by atoms with E-state index < -0.39 is 17.2 Å². The molecule has 0 radical (unpaired) electrons. The maximum atomic E-state index is 11.7. The van der Waals surface area contributed by atoms with Crippen molar-refractivity contribution in [2.24, 2.45) is 0 Å². The summed E-state index contributed by atoms with van der Waals surface area (Å²) < 4.78 is 22.9. The van der Waals surface area contributed by atoms with Crippen molar-refractivity contribution in [2.45, 2.75) is 6.92 Å². The van der Waals surface area contributed by atoms with Gasteiger partial charge in [0.15, 0.2) is 0 Å². The van der Waals surface area contributed by atoms with Crippen LogP contribution in [0.15, 0.2) is 34.1 Å². The van der Waals surface area contributed by atoms with Gasteiger partial charge in [-0.15, -0.1) is 11.3 Å². The summed E-state index contributed by atoms with van der Waals surface area (Å²) in [5, 5.41) is 9.21. The number of benzene rings is 1. The highest BCUT2D eigenvalue weighted by Gasteiger charge is 2.25. The summed E-state index contributed by atoms with van der Waals surface area (Å²) in [6.45, 7) is 1.79. The lowest BCUT2D eigenvalue weighted by molar-refractivity contribution is 0.0703. The van der Waals surface area contributed by atoms with E-state index in [2.05, 4.69) is 15.9 Å². The first-order chi connectivity index (χ1) is 9.41. The van der Waals surface area contributed by atoms with Crippen LogP contribution >= 0.6 is 27.3 Å². The Morgan fingerprint density at radius 2 is 2.00 bits per heavy atom. The first-order valence-corrected chi connectivity index (χ1v) is 8.08. The number of hydrogen-bond donors (Lipinski definition) is 2. The first-order valence-electron chi connectivity index (χ1n) is 5.41. The summed E-state index contributed by atoms with van der Waals surface area (Å²) in [5.74, 6) is -1.14. The maximum absolute atomic E-state index is 11.7. The third-order valence-corrected chi connectivity index (χ3v) is 4.91. The Hall–Kier alpha value is -1.22. The highest BCUT2D eigenvalue weighted by Crippen LogP contribution is 2.39. The molecule has 0 aliphatic rings. The molecule has 0 saturated carbocycles. The molecule has 8 heteroatoms. The van der Waals surface area contributed by atoms with E-state index >= 15 is 0 Å². The van der Waals surface area contributed by atoms with Gasteiger partial charge in [-0.2, -0.15) is 0 Å². The van der Waals surface area contributed by atoms with E-state index in [4.69, 9.17) is 0 Å². The fourth-order valence-electron chi connectivity index (χ4n) is 1.75. The van der Waals surface area contributed by atoms with E-state index in [9.17, 15) is 18.7 Å². The van der Waals surface area contributed by atoms with Crippen LogP contribution in [0.4, 0.5) is 11.4 Å². The third kappa shape index (κ3) is 2.93. The molecule has 106 valence electrons. The number of nitrogens with zero attached hydrogens (tertiary/aromatic N) is 1. The van der Waals surface area contributed by atoms with Crippen molar-refractivity contribution in [2.75, 3.05) is 4.31 Å². The maximum Gasteiger partial charge on any atom is 0.348 e. The van der Waals surface area contributed by atoms with Crippen LogP contribution in [0.25, 0.3) is 0 Å². The number of aryl methyl sites for hydroxylation is 1. The van der Waals surface area contributed by atoms with Crippen LogP contribution in [0, 0.1) is 6.92 Å². The molecule has 0 bridgehead atoms. The number of carboxylic acid groups (broad SMARTS) is 1. The summed E-state index contributed by atoms with van der Waals surface area (Å²) in [6.07, 6.45) is 0. The quantitative estimate of drug-likeness (QED) is 0.796. The van der Waals surface area contributed by atoms with Gasteiger partial charge in [-0.3, -0.25) is 4.55 Å². The smallest absolute Gasteiger partial charge is 0.348 e. The molecule has 5 nitrogen and oxygen atoms in total. The van der Waals surface area contributed by atoms with Gasteiger partial charge in [-0.25, -0.2) is 13.3 Å². The summed E-state index contributed by atoms with van der Waals surface area (Å²) >= 11 is 1.83. The van der Waals surface area contributed by atoms with Crippen molar-refractivity contribution < 1.29 is 18.7 Å². The number of carbonyl (C=O) groups is 1. The SMILES string of the molecule is Cc1ccccc1N(c1cc(Br)sc1C(=O)O)S(=O)O. The third-order valence-electron chi connectivity index (χ3n) is 2.59. The van der Waals surface area contributed by atoms with E-state index in [0.717, 1.165) is 21.2 Å². The van der Waals surface area contributed by atoms with Crippen LogP contribution in [0.5, 0.6) is 0 Å². The van der Waals surface area contributed by atoms with Gasteiger partial charge in [0.05, 0.1) is 15.2 Å². The van der Waals surface area contributed by atoms with E-state index in [1.807, 2.05) is 0 Å². The van der Waals surface area contributed by atoms with Crippen molar-refractivity contribution in [3.63, 3.8) is 0 Å². The minimum Gasteiger partial charge on any atom is -0.477 e. The lowest BCUT2D eigenvalue weighted by Crippen LogP contribution is -2.21. The molecule has 0 saturated heterocycles.